The van der Waals surface area contributed by atoms with Crippen molar-refractivity contribution in [2.45, 2.75) is 25.3 Å². The second-order valence-corrected chi connectivity index (χ2v) is 5.08. The Bertz CT molecular complexity index is 469. The van der Waals surface area contributed by atoms with Gasteiger partial charge in [-0.25, -0.2) is 0 Å². The number of ether oxygens (including phenoxy) is 1. The molecule has 0 saturated heterocycles. The number of nitrogens with one attached hydrogen (secondary N) is 2. The van der Waals surface area contributed by atoms with Crippen LogP contribution in [0.4, 0.5) is 5.69 Å². The third-order valence-corrected chi connectivity index (χ3v) is 3.93. The van der Waals surface area contributed by atoms with E-state index in [2.05, 4.69) is 10.6 Å². The van der Waals surface area contributed by atoms with E-state index < -0.39 is 0 Å². The summed E-state index contributed by atoms with van der Waals surface area (Å²) >= 11 is 0. The summed E-state index contributed by atoms with van der Waals surface area (Å²) in [5.41, 5.74) is 1.89. The zero-order chi connectivity index (χ0) is 12.5. The van der Waals surface area contributed by atoms with E-state index in [0.717, 1.165) is 29.5 Å². The fraction of sp³-hybridized carbons (Fsp3) is 0.500. The molecule has 4 nitrogen and oxygen atoms in total. The van der Waals surface area contributed by atoms with Crippen LogP contribution in [0.1, 0.15) is 30.9 Å². The minimum atomic E-state index is -0.226. The minimum Gasteiger partial charge on any atom is -0.497 e. The number of carbonyl (C=O) groups excluding carboxylic acids is 1. The van der Waals surface area contributed by atoms with Crippen LogP contribution in [0.3, 0.4) is 0 Å². The number of anilines is 1. The van der Waals surface area contributed by atoms with Crippen LogP contribution in [0.15, 0.2) is 18.2 Å². The monoisotopic (exact) mass is 246 g/mol. The number of hydrogen-bond acceptors (Lipinski definition) is 3. The van der Waals surface area contributed by atoms with Crippen LogP contribution in [0.25, 0.3) is 0 Å². The SMILES string of the molecule is COc1ccc2c(c1)C(NCC1CCC1)C(=O)N2. The molecule has 3 rings (SSSR count). The molecule has 1 unspecified atom stereocenters. The molecular formula is C14H18N2O2. The minimum absolute atomic E-state index is 0.0394. The van der Waals surface area contributed by atoms with Gasteiger partial charge in [0.2, 0.25) is 5.91 Å². The van der Waals surface area contributed by atoms with Gasteiger partial charge in [0, 0.05) is 11.3 Å². The molecule has 2 aliphatic rings. The van der Waals surface area contributed by atoms with Crippen molar-refractivity contribution in [1.82, 2.24) is 5.32 Å². The van der Waals surface area contributed by atoms with E-state index in [4.69, 9.17) is 4.74 Å². The summed E-state index contributed by atoms with van der Waals surface area (Å²) in [5.74, 6) is 1.57. The molecule has 1 amide bonds. The molecule has 1 heterocycles. The van der Waals surface area contributed by atoms with Crippen LogP contribution in [-0.2, 0) is 4.79 Å². The lowest BCUT2D eigenvalue weighted by Crippen LogP contribution is -2.33. The summed E-state index contributed by atoms with van der Waals surface area (Å²) in [6, 6.07) is 5.48. The maximum Gasteiger partial charge on any atom is 0.246 e. The molecule has 0 aromatic heterocycles. The van der Waals surface area contributed by atoms with Gasteiger partial charge >= 0.3 is 0 Å². The van der Waals surface area contributed by atoms with Crippen LogP contribution in [-0.4, -0.2) is 19.6 Å². The summed E-state index contributed by atoms with van der Waals surface area (Å²) in [6.07, 6.45) is 3.90. The average molecular weight is 246 g/mol. The van der Waals surface area contributed by atoms with Gasteiger partial charge < -0.3 is 15.4 Å². The molecule has 96 valence electrons. The highest BCUT2D eigenvalue weighted by Gasteiger charge is 2.31. The Kier molecular flexibility index (Phi) is 2.96. The molecular weight excluding hydrogens is 228 g/mol. The topological polar surface area (TPSA) is 50.4 Å². The van der Waals surface area contributed by atoms with Crippen LogP contribution in [0.5, 0.6) is 5.75 Å². The predicted octanol–water partition coefficient (Wildman–Crippen LogP) is 2.08. The summed E-state index contributed by atoms with van der Waals surface area (Å²) in [4.78, 5) is 11.9. The molecule has 4 heteroatoms. The fourth-order valence-corrected chi connectivity index (χ4v) is 2.55. The number of hydrogen-bond donors (Lipinski definition) is 2. The van der Waals surface area contributed by atoms with Gasteiger partial charge in [0.05, 0.1) is 7.11 Å². The lowest BCUT2D eigenvalue weighted by Gasteiger charge is -2.26. The lowest BCUT2D eigenvalue weighted by atomic mass is 9.85. The Morgan fingerprint density at radius 1 is 1.44 bits per heavy atom. The molecule has 1 aromatic carbocycles. The number of methoxy groups -OCH3 is 1. The molecule has 2 N–H and O–H groups in total. The van der Waals surface area contributed by atoms with E-state index in [0.29, 0.717) is 0 Å². The molecule has 1 aliphatic heterocycles. The molecule has 1 atom stereocenters. The molecule has 1 fully saturated rings. The molecule has 0 radical (unpaired) electrons. The van der Waals surface area contributed by atoms with Crippen molar-refractivity contribution in [1.29, 1.82) is 0 Å². The van der Waals surface area contributed by atoms with Crippen LogP contribution in [0, 0.1) is 5.92 Å². The molecule has 18 heavy (non-hydrogen) atoms. The summed E-state index contributed by atoms with van der Waals surface area (Å²) in [7, 11) is 1.64. The number of fused-ring (bicyclic) bond motifs is 1. The van der Waals surface area contributed by atoms with Gasteiger partial charge in [-0.05, 0) is 43.5 Å². The highest BCUT2D eigenvalue weighted by Crippen LogP contribution is 2.34. The number of benzene rings is 1. The Labute approximate surface area is 107 Å². The van der Waals surface area contributed by atoms with Gasteiger partial charge in [0.15, 0.2) is 0 Å². The average Bonchev–Trinajstić information content (AvgIpc) is 2.63. The Hall–Kier alpha value is -1.55. The maximum absolute atomic E-state index is 11.9. The third-order valence-electron chi connectivity index (χ3n) is 3.93. The van der Waals surface area contributed by atoms with Crippen LogP contribution in [0.2, 0.25) is 0 Å². The van der Waals surface area contributed by atoms with Crippen molar-refractivity contribution in [2.75, 3.05) is 19.0 Å². The quantitative estimate of drug-likeness (QED) is 0.855. The molecule has 1 saturated carbocycles. The summed E-state index contributed by atoms with van der Waals surface area (Å²) < 4.78 is 5.21. The van der Waals surface area contributed by atoms with Crippen LogP contribution < -0.4 is 15.4 Å². The molecule has 0 spiro atoms. The Morgan fingerprint density at radius 3 is 2.94 bits per heavy atom. The second kappa shape index (κ2) is 4.61. The van der Waals surface area contributed by atoms with Gasteiger partial charge in [-0.15, -0.1) is 0 Å². The van der Waals surface area contributed by atoms with Crippen molar-refractivity contribution >= 4 is 11.6 Å². The van der Waals surface area contributed by atoms with E-state index in [1.807, 2.05) is 18.2 Å². The summed E-state index contributed by atoms with van der Waals surface area (Å²) in [5, 5.41) is 6.27. The zero-order valence-corrected chi connectivity index (χ0v) is 10.5. The number of carbonyl (C=O) groups is 1. The maximum atomic E-state index is 11.9. The normalized spacial score (nSPS) is 22.3. The van der Waals surface area contributed by atoms with Gasteiger partial charge in [0.25, 0.3) is 0 Å². The smallest absolute Gasteiger partial charge is 0.246 e. The van der Waals surface area contributed by atoms with Gasteiger partial charge in [-0.3, -0.25) is 4.79 Å². The van der Waals surface area contributed by atoms with E-state index in [1.165, 1.54) is 19.3 Å². The van der Waals surface area contributed by atoms with Gasteiger partial charge in [-0.1, -0.05) is 6.42 Å². The van der Waals surface area contributed by atoms with Crippen molar-refractivity contribution < 1.29 is 9.53 Å². The fourth-order valence-electron chi connectivity index (χ4n) is 2.55. The Morgan fingerprint density at radius 2 is 2.28 bits per heavy atom. The Balaban J connectivity index is 1.76. The zero-order valence-electron chi connectivity index (χ0n) is 10.5. The van der Waals surface area contributed by atoms with Crippen molar-refractivity contribution in [3.05, 3.63) is 23.8 Å². The van der Waals surface area contributed by atoms with Crippen molar-refractivity contribution in [2.24, 2.45) is 5.92 Å². The first-order chi connectivity index (χ1) is 8.78. The van der Waals surface area contributed by atoms with E-state index in [9.17, 15) is 4.79 Å². The molecule has 1 aromatic rings. The number of rotatable bonds is 4. The van der Waals surface area contributed by atoms with E-state index in [1.54, 1.807) is 7.11 Å². The summed E-state index contributed by atoms with van der Waals surface area (Å²) in [6.45, 7) is 0.925. The standard InChI is InChI=1S/C14H18N2O2/c1-18-10-5-6-12-11(7-10)13(14(17)16-12)15-8-9-3-2-4-9/h5-7,9,13,15H,2-4,8H2,1H3,(H,16,17). The van der Waals surface area contributed by atoms with Gasteiger partial charge in [-0.2, -0.15) is 0 Å². The lowest BCUT2D eigenvalue weighted by molar-refractivity contribution is -0.117. The van der Waals surface area contributed by atoms with Crippen molar-refractivity contribution in [3.8, 4) is 5.75 Å². The first kappa shape index (κ1) is 11.5. The molecule has 1 aliphatic carbocycles. The predicted molar refractivity (Wildman–Crippen MR) is 69.7 cm³/mol. The third kappa shape index (κ3) is 1.97. The van der Waals surface area contributed by atoms with Crippen molar-refractivity contribution in [3.63, 3.8) is 0 Å². The molecule has 0 bridgehead atoms. The van der Waals surface area contributed by atoms with Gasteiger partial charge in [0.1, 0.15) is 11.8 Å². The highest BCUT2D eigenvalue weighted by molar-refractivity contribution is 6.02. The van der Waals surface area contributed by atoms with E-state index >= 15 is 0 Å². The van der Waals surface area contributed by atoms with E-state index in [-0.39, 0.29) is 11.9 Å². The second-order valence-electron chi connectivity index (χ2n) is 5.08. The van der Waals surface area contributed by atoms with Crippen LogP contribution >= 0.6 is 0 Å². The first-order valence-corrected chi connectivity index (χ1v) is 6.50. The largest absolute Gasteiger partial charge is 0.497 e. The number of amides is 1. The highest BCUT2D eigenvalue weighted by atomic mass is 16.5. The first-order valence-electron chi connectivity index (χ1n) is 6.50.